The molecule has 2 aromatic rings. The van der Waals surface area contributed by atoms with Gasteiger partial charge in [0, 0.05) is 35.4 Å². The Morgan fingerprint density at radius 3 is 2.50 bits per heavy atom. The monoisotopic (exact) mass is 425 g/mol. The average Bonchev–Trinajstić information content (AvgIpc) is 2.98. The molecular weight excluding hydrogens is 414 g/mol. The standard InChI is InChI=1S/C15H13Br2N3O2/c16-11-3-1-10(2-4-11)14(21)20-6-5-13(9-20)22-15-18-7-12(17)8-19-15/h1-4,7-8,13H,5-6,9H2/t13-/m0/s1. The quantitative estimate of drug-likeness (QED) is 0.755. The van der Waals surface area contributed by atoms with E-state index in [1.165, 1.54) is 0 Å². The molecule has 0 bridgehead atoms. The summed E-state index contributed by atoms with van der Waals surface area (Å²) in [5.74, 6) is 0.0234. The molecular formula is C15H13Br2N3O2. The molecule has 0 saturated carbocycles. The van der Waals surface area contributed by atoms with Crippen LogP contribution in [0.1, 0.15) is 16.8 Å². The molecule has 1 amide bonds. The molecule has 114 valence electrons. The van der Waals surface area contributed by atoms with Crippen LogP contribution < -0.4 is 4.74 Å². The van der Waals surface area contributed by atoms with Crippen molar-refractivity contribution < 1.29 is 9.53 Å². The van der Waals surface area contributed by atoms with Gasteiger partial charge in [-0.3, -0.25) is 4.79 Å². The summed E-state index contributed by atoms with van der Waals surface area (Å²) in [6.45, 7) is 1.23. The summed E-state index contributed by atoms with van der Waals surface area (Å²) in [6.07, 6.45) is 3.99. The van der Waals surface area contributed by atoms with Crippen molar-refractivity contribution in [1.29, 1.82) is 0 Å². The van der Waals surface area contributed by atoms with E-state index in [0.717, 1.165) is 15.4 Å². The average molecular weight is 427 g/mol. The first-order valence-corrected chi connectivity index (χ1v) is 8.39. The molecule has 1 aromatic carbocycles. The van der Waals surface area contributed by atoms with Crippen LogP contribution in [0.25, 0.3) is 0 Å². The van der Waals surface area contributed by atoms with E-state index in [2.05, 4.69) is 41.8 Å². The van der Waals surface area contributed by atoms with E-state index < -0.39 is 0 Å². The van der Waals surface area contributed by atoms with Crippen molar-refractivity contribution in [3.8, 4) is 6.01 Å². The van der Waals surface area contributed by atoms with Gasteiger partial charge in [0.2, 0.25) is 0 Å². The molecule has 0 aliphatic carbocycles. The van der Waals surface area contributed by atoms with Crippen LogP contribution in [0.15, 0.2) is 45.6 Å². The lowest BCUT2D eigenvalue weighted by Crippen LogP contribution is -2.31. The number of aromatic nitrogens is 2. The highest BCUT2D eigenvalue weighted by Crippen LogP contribution is 2.19. The largest absolute Gasteiger partial charge is 0.458 e. The van der Waals surface area contributed by atoms with E-state index in [1.54, 1.807) is 17.3 Å². The van der Waals surface area contributed by atoms with Crippen LogP contribution in [0.2, 0.25) is 0 Å². The maximum atomic E-state index is 12.4. The van der Waals surface area contributed by atoms with Gasteiger partial charge in [0.05, 0.1) is 11.0 Å². The third-order valence-electron chi connectivity index (χ3n) is 3.39. The topological polar surface area (TPSA) is 55.3 Å². The zero-order valence-corrected chi connectivity index (χ0v) is 14.7. The number of halogens is 2. The van der Waals surface area contributed by atoms with Crippen LogP contribution in [0.4, 0.5) is 0 Å². The molecule has 0 spiro atoms. The second-order valence-electron chi connectivity index (χ2n) is 4.97. The van der Waals surface area contributed by atoms with Gasteiger partial charge in [-0.1, -0.05) is 15.9 Å². The van der Waals surface area contributed by atoms with Crippen molar-refractivity contribution >= 4 is 37.8 Å². The fourth-order valence-electron chi connectivity index (χ4n) is 2.29. The highest BCUT2D eigenvalue weighted by atomic mass is 79.9. The number of amides is 1. The van der Waals surface area contributed by atoms with Gasteiger partial charge in [-0.05, 0) is 40.2 Å². The Morgan fingerprint density at radius 1 is 1.14 bits per heavy atom. The predicted molar refractivity (Wildman–Crippen MR) is 88.8 cm³/mol. The molecule has 0 N–H and O–H groups in total. The minimum absolute atomic E-state index is 0.0234. The summed E-state index contributed by atoms with van der Waals surface area (Å²) in [5, 5.41) is 0. The molecule has 0 radical (unpaired) electrons. The predicted octanol–water partition coefficient (Wildman–Crippen LogP) is 3.30. The van der Waals surface area contributed by atoms with Crippen LogP contribution in [0.3, 0.4) is 0 Å². The van der Waals surface area contributed by atoms with Crippen molar-refractivity contribution in [2.45, 2.75) is 12.5 Å². The molecule has 1 aromatic heterocycles. The molecule has 2 heterocycles. The Kier molecular flexibility index (Phi) is 4.73. The van der Waals surface area contributed by atoms with E-state index in [9.17, 15) is 4.79 Å². The normalized spacial score (nSPS) is 17.5. The first-order valence-electron chi connectivity index (χ1n) is 6.81. The van der Waals surface area contributed by atoms with Crippen LogP contribution in [0, 0.1) is 0 Å². The second-order valence-corrected chi connectivity index (χ2v) is 6.80. The summed E-state index contributed by atoms with van der Waals surface area (Å²) in [7, 11) is 0. The Morgan fingerprint density at radius 2 is 1.82 bits per heavy atom. The SMILES string of the molecule is O=C(c1ccc(Br)cc1)N1CC[C@H](Oc2ncc(Br)cn2)C1. The molecule has 1 fully saturated rings. The molecule has 5 nitrogen and oxygen atoms in total. The van der Waals surface area contributed by atoms with E-state index in [4.69, 9.17) is 4.74 Å². The lowest BCUT2D eigenvalue weighted by atomic mass is 10.2. The Hall–Kier alpha value is -1.47. The lowest BCUT2D eigenvalue weighted by molar-refractivity contribution is 0.0769. The Labute approximate surface area is 145 Å². The number of rotatable bonds is 3. The van der Waals surface area contributed by atoms with Crippen molar-refractivity contribution in [1.82, 2.24) is 14.9 Å². The molecule has 1 saturated heterocycles. The van der Waals surface area contributed by atoms with Gasteiger partial charge in [-0.25, -0.2) is 9.97 Å². The van der Waals surface area contributed by atoms with Crippen LogP contribution in [0.5, 0.6) is 6.01 Å². The van der Waals surface area contributed by atoms with E-state index in [0.29, 0.717) is 24.7 Å². The third-order valence-corrected chi connectivity index (χ3v) is 4.33. The summed E-state index contributed by atoms with van der Waals surface area (Å²) < 4.78 is 7.48. The Bertz CT molecular complexity index is 661. The molecule has 3 rings (SSSR count). The van der Waals surface area contributed by atoms with Gasteiger partial charge in [0.25, 0.3) is 5.91 Å². The molecule has 1 aliphatic heterocycles. The highest BCUT2D eigenvalue weighted by molar-refractivity contribution is 9.10. The maximum Gasteiger partial charge on any atom is 0.316 e. The number of nitrogens with zero attached hydrogens (tertiary/aromatic N) is 3. The molecule has 22 heavy (non-hydrogen) atoms. The number of hydrogen-bond donors (Lipinski definition) is 0. The first kappa shape index (κ1) is 15.4. The van der Waals surface area contributed by atoms with Crippen LogP contribution in [-0.2, 0) is 0 Å². The summed E-state index contributed by atoms with van der Waals surface area (Å²) in [5.41, 5.74) is 0.684. The smallest absolute Gasteiger partial charge is 0.316 e. The summed E-state index contributed by atoms with van der Waals surface area (Å²) in [6, 6.07) is 7.71. The minimum atomic E-state index is -0.0689. The number of hydrogen-bond acceptors (Lipinski definition) is 4. The number of likely N-dealkylation sites (tertiary alicyclic amines) is 1. The summed E-state index contributed by atoms with van der Waals surface area (Å²) >= 11 is 6.65. The van der Waals surface area contributed by atoms with E-state index >= 15 is 0 Å². The minimum Gasteiger partial charge on any atom is -0.458 e. The molecule has 7 heteroatoms. The zero-order valence-electron chi connectivity index (χ0n) is 11.6. The molecule has 1 atom stereocenters. The molecule has 1 aliphatic rings. The van der Waals surface area contributed by atoms with E-state index in [-0.39, 0.29) is 12.0 Å². The van der Waals surface area contributed by atoms with Crippen molar-refractivity contribution in [3.63, 3.8) is 0 Å². The van der Waals surface area contributed by atoms with Gasteiger partial charge in [-0.2, -0.15) is 0 Å². The zero-order chi connectivity index (χ0) is 15.5. The highest BCUT2D eigenvalue weighted by Gasteiger charge is 2.28. The third kappa shape index (κ3) is 3.64. The van der Waals surface area contributed by atoms with Crippen LogP contribution in [-0.4, -0.2) is 40.0 Å². The number of carbonyl (C=O) groups excluding carboxylic acids is 1. The fraction of sp³-hybridized carbons (Fsp3) is 0.267. The maximum absolute atomic E-state index is 12.4. The Balaban J connectivity index is 1.61. The van der Waals surface area contributed by atoms with Gasteiger partial charge in [0.1, 0.15) is 6.10 Å². The first-order chi connectivity index (χ1) is 10.6. The second kappa shape index (κ2) is 6.75. The fourth-order valence-corrected chi connectivity index (χ4v) is 2.76. The van der Waals surface area contributed by atoms with Crippen LogP contribution >= 0.6 is 31.9 Å². The lowest BCUT2D eigenvalue weighted by Gasteiger charge is -2.16. The van der Waals surface area contributed by atoms with Crippen molar-refractivity contribution in [3.05, 3.63) is 51.2 Å². The van der Waals surface area contributed by atoms with E-state index in [1.807, 2.05) is 24.3 Å². The van der Waals surface area contributed by atoms with Gasteiger partial charge >= 0.3 is 6.01 Å². The number of carbonyl (C=O) groups is 1. The number of ether oxygens (including phenoxy) is 1. The number of benzene rings is 1. The van der Waals surface area contributed by atoms with Crippen molar-refractivity contribution in [2.75, 3.05) is 13.1 Å². The molecule has 0 unspecified atom stereocenters. The summed E-state index contributed by atoms with van der Waals surface area (Å²) in [4.78, 5) is 22.4. The van der Waals surface area contributed by atoms with Gasteiger partial charge in [0.15, 0.2) is 0 Å². The van der Waals surface area contributed by atoms with Gasteiger partial charge in [-0.15, -0.1) is 0 Å². The van der Waals surface area contributed by atoms with Gasteiger partial charge < -0.3 is 9.64 Å². The van der Waals surface area contributed by atoms with Crippen molar-refractivity contribution in [2.24, 2.45) is 0 Å².